The van der Waals surface area contributed by atoms with Crippen molar-refractivity contribution < 1.29 is 8.42 Å². The first kappa shape index (κ1) is 19.8. The van der Waals surface area contributed by atoms with Crippen LogP contribution in [-0.4, -0.2) is 39.3 Å². The number of aliphatic imine (C=N–C) groups is 1. The van der Waals surface area contributed by atoms with Gasteiger partial charge in [0, 0.05) is 19.1 Å². The Morgan fingerprint density at radius 2 is 1.88 bits per heavy atom. The van der Waals surface area contributed by atoms with Crippen molar-refractivity contribution >= 4 is 15.8 Å². The average Bonchev–Trinajstić information content (AvgIpc) is 2.60. The van der Waals surface area contributed by atoms with Crippen molar-refractivity contribution in [3.05, 3.63) is 35.9 Å². The van der Waals surface area contributed by atoms with E-state index in [0.29, 0.717) is 19.0 Å². The van der Waals surface area contributed by atoms with Gasteiger partial charge in [0.2, 0.25) is 0 Å². The van der Waals surface area contributed by atoms with E-state index in [1.54, 1.807) is 0 Å². The Labute approximate surface area is 152 Å². The van der Waals surface area contributed by atoms with Crippen molar-refractivity contribution in [2.24, 2.45) is 4.99 Å². The molecule has 0 radical (unpaired) electrons. The number of nitrogens with zero attached hydrogens (tertiary/aromatic N) is 1. The van der Waals surface area contributed by atoms with Gasteiger partial charge in [-0.05, 0) is 31.7 Å². The zero-order chi connectivity index (χ0) is 18.0. The molecule has 2 rings (SSSR count). The van der Waals surface area contributed by atoms with Gasteiger partial charge in [0.25, 0.3) is 0 Å². The van der Waals surface area contributed by atoms with Gasteiger partial charge in [-0.2, -0.15) is 0 Å². The van der Waals surface area contributed by atoms with Crippen LogP contribution in [0, 0.1) is 0 Å². The maximum atomic E-state index is 12.2. The highest BCUT2D eigenvalue weighted by Gasteiger charge is 2.15. The van der Waals surface area contributed by atoms with Gasteiger partial charge in [-0.3, -0.25) is 4.99 Å². The van der Waals surface area contributed by atoms with Crippen molar-refractivity contribution in [1.82, 2.24) is 10.6 Å². The first-order valence-corrected chi connectivity index (χ1v) is 11.2. The van der Waals surface area contributed by atoms with Crippen molar-refractivity contribution in [2.75, 3.05) is 18.8 Å². The molecule has 0 aromatic heterocycles. The average molecular weight is 366 g/mol. The third kappa shape index (κ3) is 7.90. The fourth-order valence-electron chi connectivity index (χ4n) is 3.14. The summed E-state index contributed by atoms with van der Waals surface area (Å²) >= 11 is 0. The third-order valence-electron chi connectivity index (χ3n) is 4.40. The topological polar surface area (TPSA) is 70.6 Å². The van der Waals surface area contributed by atoms with Crippen molar-refractivity contribution in [2.45, 2.75) is 57.2 Å². The Kier molecular flexibility index (Phi) is 8.25. The maximum Gasteiger partial charge on any atom is 0.191 e. The molecular formula is C19H31N3O2S. The SMILES string of the molecule is CCNC(=NCCCS(=O)(=O)Cc1ccccc1)NC1CCCCC1. The van der Waals surface area contributed by atoms with Crippen LogP contribution in [0.2, 0.25) is 0 Å². The van der Waals surface area contributed by atoms with E-state index in [0.717, 1.165) is 18.1 Å². The van der Waals surface area contributed by atoms with Gasteiger partial charge in [-0.1, -0.05) is 49.6 Å². The first-order chi connectivity index (χ1) is 12.1. The second kappa shape index (κ2) is 10.4. The minimum Gasteiger partial charge on any atom is -0.357 e. The highest BCUT2D eigenvalue weighted by molar-refractivity contribution is 7.90. The smallest absolute Gasteiger partial charge is 0.191 e. The van der Waals surface area contributed by atoms with E-state index >= 15 is 0 Å². The minimum absolute atomic E-state index is 0.109. The summed E-state index contributed by atoms with van der Waals surface area (Å²) in [5, 5.41) is 6.74. The van der Waals surface area contributed by atoms with E-state index in [9.17, 15) is 8.42 Å². The summed E-state index contributed by atoms with van der Waals surface area (Å²) in [5.74, 6) is 1.10. The van der Waals surface area contributed by atoms with Crippen molar-refractivity contribution in [3.8, 4) is 0 Å². The molecule has 1 fully saturated rings. The third-order valence-corrected chi connectivity index (χ3v) is 6.09. The van der Waals surface area contributed by atoms with Crippen LogP contribution < -0.4 is 10.6 Å². The number of nitrogens with one attached hydrogen (secondary N) is 2. The van der Waals surface area contributed by atoms with Gasteiger partial charge in [0.15, 0.2) is 15.8 Å². The number of rotatable bonds is 8. The lowest BCUT2D eigenvalue weighted by atomic mass is 9.96. The van der Waals surface area contributed by atoms with E-state index in [4.69, 9.17) is 0 Å². The molecule has 5 nitrogen and oxygen atoms in total. The van der Waals surface area contributed by atoms with Crippen LogP contribution in [0.5, 0.6) is 0 Å². The monoisotopic (exact) mass is 365 g/mol. The Balaban J connectivity index is 1.78. The molecule has 6 heteroatoms. The van der Waals surface area contributed by atoms with Gasteiger partial charge < -0.3 is 10.6 Å². The van der Waals surface area contributed by atoms with Gasteiger partial charge >= 0.3 is 0 Å². The highest BCUT2D eigenvalue weighted by Crippen LogP contribution is 2.17. The quantitative estimate of drug-likeness (QED) is 0.422. The van der Waals surface area contributed by atoms with E-state index < -0.39 is 9.84 Å². The maximum absolute atomic E-state index is 12.2. The second-order valence-corrected chi connectivity index (χ2v) is 8.86. The normalized spacial score (nSPS) is 16.6. The fraction of sp³-hybridized carbons (Fsp3) is 0.632. The molecule has 0 aliphatic heterocycles. The van der Waals surface area contributed by atoms with Crippen LogP contribution in [0.25, 0.3) is 0 Å². The predicted molar refractivity (Wildman–Crippen MR) is 105 cm³/mol. The fourth-order valence-corrected chi connectivity index (χ4v) is 4.55. The van der Waals surface area contributed by atoms with E-state index in [1.807, 2.05) is 37.3 Å². The zero-order valence-electron chi connectivity index (χ0n) is 15.2. The minimum atomic E-state index is -3.08. The molecule has 1 aliphatic carbocycles. The van der Waals surface area contributed by atoms with E-state index in [2.05, 4.69) is 15.6 Å². The van der Waals surface area contributed by atoms with Crippen molar-refractivity contribution in [3.63, 3.8) is 0 Å². The van der Waals surface area contributed by atoms with Gasteiger partial charge in [-0.15, -0.1) is 0 Å². The number of benzene rings is 1. The summed E-state index contributed by atoms with van der Waals surface area (Å²) in [6.45, 7) is 3.38. The molecule has 0 heterocycles. The van der Waals surface area contributed by atoms with E-state index in [1.165, 1.54) is 32.1 Å². The van der Waals surface area contributed by atoms with Gasteiger partial charge in [0.05, 0.1) is 11.5 Å². The second-order valence-electron chi connectivity index (χ2n) is 6.67. The lowest BCUT2D eigenvalue weighted by Gasteiger charge is -2.24. The van der Waals surface area contributed by atoms with Gasteiger partial charge in [-0.25, -0.2) is 8.42 Å². The van der Waals surface area contributed by atoms with E-state index in [-0.39, 0.29) is 11.5 Å². The van der Waals surface area contributed by atoms with Crippen LogP contribution in [0.1, 0.15) is 51.0 Å². The molecule has 0 spiro atoms. The summed E-state index contributed by atoms with van der Waals surface area (Å²) in [6.07, 6.45) is 6.80. The molecule has 0 amide bonds. The molecule has 0 atom stereocenters. The van der Waals surface area contributed by atoms with Crippen LogP contribution in [0.4, 0.5) is 0 Å². The van der Waals surface area contributed by atoms with Crippen LogP contribution >= 0.6 is 0 Å². The molecule has 0 unspecified atom stereocenters. The lowest BCUT2D eigenvalue weighted by Crippen LogP contribution is -2.44. The summed E-state index contributed by atoms with van der Waals surface area (Å²) in [5.41, 5.74) is 0.846. The van der Waals surface area contributed by atoms with Gasteiger partial charge in [0.1, 0.15) is 0 Å². The highest BCUT2D eigenvalue weighted by atomic mass is 32.2. The summed E-state index contributed by atoms with van der Waals surface area (Å²) in [4.78, 5) is 4.55. The Morgan fingerprint density at radius 3 is 2.56 bits per heavy atom. The molecule has 1 aromatic carbocycles. The standard InChI is InChI=1S/C19H31N3O2S/c1-2-20-19(22-18-12-7-4-8-13-18)21-14-9-15-25(23,24)16-17-10-5-3-6-11-17/h3,5-6,10-11,18H,2,4,7-9,12-16H2,1H3,(H2,20,21,22). The predicted octanol–water partition coefficient (Wildman–Crippen LogP) is 2.88. The molecule has 0 saturated heterocycles. The lowest BCUT2D eigenvalue weighted by molar-refractivity contribution is 0.410. The molecule has 0 bridgehead atoms. The number of guanidine groups is 1. The molecule has 1 saturated carbocycles. The number of hydrogen-bond acceptors (Lipinski definition) is 3. The summed E-state index contributed by atoms with van der Waals surface area (Å²) < 4.78 is 24.4. The zero-order valence-corrected chi connectivity index (χ0v) is 16.0. The van der Waals surface area contributed by atoms with Crippen LogP contribution in [-0.2, 0) is 15.6 Å². The summed E-state index contributed by atoms with van der Waals surface area (Å²) in [7, 11) is -3.08. The van der Waals surface area contributed by atoms with Crippen molar-refractivity contribution in [1.29, 1.82) is 0 Å². The molecular weight excluding hydrogens is 334 g/mol. The number of hydrogen-bond donors (Lipinski definition) is 2. The van der Waals surface area contributed by atoms with Crippen LogP contribution in [0.3, 0.4) is 0 Å². The molecule has 1 aromatic rings. The van der Waals surface area contributed by atoms with Crippen LogP contribution in [0.15, 0.2) is 35.3 Å². The Bertz CT molecular complexity index is 623. The number of sulfone groups is 1. The largest absolute Gasteiger partial charge is 0.357 e. The Morgan fingerprint density at radius 1 is 1.16 bits per heavy atom. The molecule has 2 N–H and O–H groups in total. The summed E-state index contributed by atoms with van der Waals surface area (Å²) in [6, 6.07) is 9.84. The molecule has 1 aliphatic rings. The first-order valence-electron chi connectivity index (χ1n) is 9.38. The Hall–Kier alpha value is -1.56. The molecule has 25 heavy (non-hydrogen) atoms. The molecule has 140 valence electrons.